The van der Waals surface area contributed by atoms with Crippen LogP contribution in [0.5, 0.6) is 0 Å². The maximum atomic E-state index is 12.4. The number of sulfone groups is 1. The van der Waals surface area contributed by atoms with Crippen molar-refractivity contribution < 1.29 is 13.2 Å². The summed E-state index contributed by atoms with van der Waals surface area (Å²) in [6.07, 6.45) is 0.831. The predicted octanol–water partition coefficient (Wildman–Crippen LogP) is 3.36. The minimum Gasteiger partial charge on any atom is -0.325 e. The van der Waals surface area contributed by atoms with Crippen molar-refractivity contribution >= 4 is 37.4 Å². The summed E-state index contributed by atoms with van der Waals surface area (Å²) in [5.41, 5.74) is 1.87. The second-order valence-electron chi connectivity index (χ2n) is 6.07. The number of carbonyl (C=O) groups is 1. The highest BCUT2D eigenvalue weighted by Crippen LogP contribution is 2.17. The lowest BCUT2D eigenvalue weighted by Crippen LogP contribution is -2.33. The number of para-hydroxylation sites is 1. The third kappa shape index (κ3) is 5.93. The number of halogens is 1. The van der Waals surface area contributed by atoms with Gasteiger partial charge < -0.3 is 5.32 Å². The summed E-state index contributed by atoms with van der Waals surface area (Å²) >= 11 is 3.29. The van der Waals surface area contributed by atoms with Gasteiger partial charge in [0.15, 0.2) is 9.84 Å². The van der Waals surface area contributed by atoms with Gasteiger partial charge in [0.25, 0.3) is 0 Å². The van der Waals surface area contributed by atoms with Crippen molar-refractivity contribution in [3.63, 3.8) is 0 Å². The number of benzene rings is 2. The van der Waals surface area contributed by atoms with Gasteiger partial charge in [-0.2, -0.15) is 0 Å². The van der Waals surface area contributed by atoms with Gasteiger partial charge in [0.1, 0.15) is 0 Å². The Hall–Kier alpha value is -1.70. The van der Waals surface area contributed by atoms with E-state index < -0.39 is 9.84 Å². The van der Waals surface area contributed by atoms with E-state index in [0.717, 1.165) is 22.1 Å². The van der Waals surface area contributed by atoms with Crippen molar-refractivity contribution in [1.82, 2.24) is 4.90 Å². The van der Waals surface area contributed by atoms with Crippen LogP contribution in [-0.4, -0.2) is 45.1 Å². The van der Waals surface area contributed by atoms with Gasteiger partial charge in [-0.05, 0) is 49.4 Å². The number of nitrogens with one attached hydrogen (secondary N) is 1. The molecule has 7 heteroatoms. The number of rotatable bonds is 8. The van der Waals surface area contributed by atoms with Gasteiger partial charge in [0, 0.05) is 16.7 Å². The molecule has 2 rings (SSSR count). The fourth-order valence-corrected chi connectivity index (χ4v) is 4.10. The monoisotopic (exact) mass is 438 g/mol. The molecular formula is C19H23BrN2O3S. The van der Waals surface area contributed by atoms with Gasteiger partial charge in [-0.15, -0.1) is 0 Å². The zero-order chi connectivity index (χ0) is 19.2. The summed E-state index contributed by atoms with van der Waals surface area (Å²) in [5.74, 6) is -0.196. The normalized spacial score (nSPS) is 11.5. The molecule has 0 unspecified atom stereocenters. The van der Waals surface area contributed by atoms with Crippen molar-refractivity contribution in [2.24, 2.45) is 0 Å². The number of amides is 1. The lowest BCUT2D eigenvalue weighted by molar-refractivity contribution is -0.117. The van der Waals surface area contributed by atoms with Gasteiger partial charge in [-0.3, -0.25) is 9.69 Å². The molecule has 0 aromatic heterocycles. The van der Waals surface area contributed by atoms with E-state index in [1.807, 2.05) is 31.2 Å². The first-order valence-corrected chi connectivity index (χ1v) is 10.8. The average molecular weight is 439 g/mol. The van der Waals surface area contributed by atoms with Gasteiger partial charge in [-0.25, -0.2) is 8.42 Å². The van der Waals surface area contributed by atoms with E-state index in [1.165, 1.54) is 0 Å². The second kappa shape index (κ2) is 9.30. The van der Waals surface area contributed by atoms with Crippen LogP contribution in [0.4, 0.5) is 5.69 Å². The fourth-order valence-electron chi connectivity index (χ4n) is 2.50. The van der Waals surface area contributed by atoms with E-state index in [4.69, 9.17) is 0 Å². The number of likely N-dealkylation sites (N-methyl/N-ethyl adjacent to an activating group) is 1. The van der Waals surface area contributed by atoms with E-state index in [9.17, 15) is 13.2 Å². The molecule has 26 heavy (non-hydrogen) atoms. The smallest absolute Gasteiger partial charge is 0.238 e. The van der Waals surface area contributed by atoms with Gasteiger partial charge in [0.05, 0.1) is 17.2 Å². The number of hydrogen-bond donors (Lipinski definition) is 1. The quantitative estimate of drug-likeness (QED) is 0.685. The van der Waals surface area contributed by atoms with Crippen LogP contribution < -0.4 is 5.32 Å². The molecule has 0 bridgehead atoms. The molecule has 0 fully saturated rings. The molecule has 1 N–H and O–H groups in total. The van der Waals surface area contributed by atoms with E-state index >= 15 is 0 Å². The predicted molar refractivity (Wildman–Crippen MR) is 108 cm³/mol. The molecule has 0 aliphatic rings. The van der Waals surface area contributed by atoms with E-state index in [0.29, 0.717) is 0 Å². The molecule has 0 spiro atoms. The third-order valence-electron chi connectivity index (χ3n) is 4.00. The molecule has 1 amide bonds. The standard InChI is InChI=1S/C19H23BrN2O3S/c1-3-15-6-4-5-7-18(15)21-19(23)14-22(2)12-13-26(24,25)17-10-8-16(20)9-11-17/h4-11H,3,12-14H2,1-2H3,(H,21,23). The summed E-state index contributed by atoms with van der Waals surface area (Å²) in [5, 5.41) is 2.89. The van der Waals surface area contributed by atoms with Gasteiger partial charge in [0.2, 0.25) is 5.91 Å². The Balaban J connectivity index is 1.89. The van der Waals surface area contributed by atoms with Crippen LogP contribution in [-0.2, 0) is 21.1 Å². The van der Waals surface area contributed by atoms with Crippen molar-refractivity contribution in [3.05, 3.63) is 58.6 Å². The SMILES string of the molecule is CCc1ccccc1NC(=O)CN(C)CCS(=O)(=O)c1ccc(Br)cc1. The maximum absolute atomic E-state index is 12.4. The lowest BCUT2D eigenvalue weighted by Gasteiger charge is -2.17. The molecule has 0 aliphatic carbocycles. The first-order valence-electron chi connectivity index (χ1n) is 8.36. The summed E-state index contributed by atoms with van der Waals surface area (Å²) in [7, 11) is -1.63. The van der Waals surface area contributed by atoms with Crippen LogP contribution >= 0.6 is 15.9 Å². The Bertz CT molecular complexity index is 851. The van der Waals surface area contributed by atoms with Crippen LogP contribution in [0.15, 0.2) is 57.9 Å². The van der Waals surface area contributed by atoms with Crippen LogP contribution in [0.2, 0.25) is 0 Å². The van der Waals surface area contributed by atoms with Crippen molar-refractivity contribution in [2.45, 2.75) is 18.2 Å². The number of nitrogens with zero attached hydrogens (tertiary/aromatic N) is 1. The number of anilines is 1. The van der Waals surface area contributed by atoms with Crippen LogP contribution in [0.1, 0.15) is 12.5 Å². The Morgan fingerprint density at radius 2 is 1.77 bits per heavy atom. The second-order valence-corrected chi connectivity index (χ2v) is 9.09. The van der Waals surface area contributed by atoms with Crippen molar-refractivity contribution in [2.75, 3.05) is 31.2 Å². The topological polar surface area (TPSA) is 66.5 Å². The minimum absolute atomic E-state index is 0.0377. The Morgan fingerprint density at radius 1 is 1.12 bits per heavy atom. The fraction of sp³-hybridized carbons (Fsp3) is 0.316. The highest BCUT2D eigenvalue weighted by Gasteiger charge is 2.16. The number of aryl methyl sites for hydroxylation is 1. The summed E-state index contributed by atoms with van der Waals surface area (Å²) in [6.45, 7) is 2.44. The van der Waals surface area contributed by atoms with Gasteiger partial charge in [-0.1, -0.05) is 41.1 Å². The first kappa shape index (κ1) is 20.6. The molecule has 5 nitrogen and oxygen atoms in total. The van der Waals surface area contributed by atoms with E-state index in [-0.39, 0.29) is 29.6 Å². The molecule has 2 aromatic carbocycles. The average Bonchev–Trinajstić information content (AvgIpc) is 2.61. The molecule has 0 saturated heterocycles. The largest absolute Gasteiger partial charge is 0.325 e. The maximum Gasteiger partial charge on any atom is 0.238 e. The summed E-state index contributed by atoms with van der Waals surface area (Å²) in [6, 6.07) is 14.2. The highest BCUT2D eigenvalue weighted by molar-refractivity contribution is 9.10. The van der Waals surface area contributed by atoms with Crippen molar-refractivity contribution in [1.29, 1.82) is 0 Å². The molecule has 140 valence electrons. The van der Waals surface area contributed by atoms with E-state index in [2.05, 4.69) is 21.2 Å². The van der Waals surface area contributed by atoms with Crippen LogP contribution in [0.25, 0.3) is 0 Å². The highest BCUT2D eigenvalue weighted by atomic mass is 79.9. The zero-order valence-electron chi connectivity index (χ0n) is 14.9. The number of carbonyl (C=O) groups excluding carboxylic acids is 1. The Labute approximate surface area is 163 Å². The van der Waals surface area contributed by atoms with Crippen molar-refractivity contribution in [3.8, 4) is 0 Å². The molecule has 0 atom stereocenters. The first-order chi connectivity index (χ1) is 12.3. The molecule has 0 heterocycles. The van der Waals surface area contributed by atoms with Crippen LogP contribution in [0, 0.1) is 0 Å². The summed E-state index contributed by atoms with van der Waals surface area (Å²) < 4.78 is 25.6. The molecular weight excluding hydrogens is 416 g/mol. The zero-order valence-corrected chi connectivity index (χ0v) is 17.3. The summed E-state index contributed by atoms with van der Waals surface area (Å²) in [4.78, 5) is 14.2. The Morgan fingerprint density at radius 3 is 2.42 bits per heavy atom. The van der Waals surface area contributed by atoms with E-state index in [1.54, 1.807) is 36.2 Å². The third-order valence-corrected chi connectivity index (χ3v) is 6.24. The lowest BCUT2D eigenvalue weighted by atomic mass is 10.1. The Kier molecular flexibility index (Phi) is 7.37. The molecule has 0 radical (unpaired) electrons. The molecule has 0 aliphatic heterocycles. The molecule has 0 saturated carbocycles. The molecule has 2 aromatic rings. The van der Waals surface area contributed by atoms with Gasteiger partial charge >= 0.3 is 0 Å². The minimum atomic E-state index is -3.37. The van der Waals surface area contributed by atoms with Crippen LogP contribution in [0.3, 0.4) is 0 Å². The number of hydrogen-bond acceptors (Lipinski definition) is 4.